The zero-order valence-corrected chi connectivity index (χ0v) is 8.72. The highest BCUT2D eigenvalue weighted by atomic mass is 16.5. The van der Waals surface area contributed by atoms with Gasteiger partial charge < -0.3 is 10.1 Å². The molecule has 14 heavy (non-hydrogen) atoms. The van der Waals surface area contributed by atoms with Gasteiger partial charge in [-0.15, -0.1) is 0 Å². The lowest BCUT2D eigenvalue weighted by atomic mass is 10.1. The van der Waals surface area contributed by atoms with Gasteiger partial charge in [0, 0.05) is 5.54 Å². The molecule has 0 fully saturated rings. The Balaban J connectivity index is 3.60. The van der Waals surface area contributed by atoms with Crippen LogP contribution < -0.4 is 16.6 Å². The molecule has 0 bridgehead atoms. The van der Waals surface area contributed by atoms with Crippen LogP contribution in [0.25, 0.3) is 0 Å². The molecule has 82 valence electrons. The number of nitrogens with one attached hydrogen (secondary N) is 2. The molecule has 0 radical (unpaired) electrons. The van der Waals surface area contributed by atoms with E-state index in [0.29, 0.717) is 0 Å². The number of hydrogen-bond acceptors (Lipinski definition) is 4. The van der Waals surface area contributed by atoms with Crippen LogP contribution in [0, 0.1) is 0 Å². The lowest BCUT2D eigenvalue weighted by Crippen LogP contribution is -2.41. The maximum Gasteiger partial charge on any atom is 0.407 e. The molecule has 0 heterocycles. The Morgan fingerprint density at radius 3 is 2.36 bits per heavy atom. The highest BCUT2D eigenvalue weighted by molar-refractivity contribution is 5.75. The Labute approximate surface area is 83.1 Å². The molecule has 0 spiro atoms. The van der Waals surface area contributed by atoms with Crippen LogP contribution in [0.4, 0.5) is 4.79 Å². The van der Waals surface area contributed by atoms with Crippen molar-refractivity contribution in [3.05, 3.63) is 0 Å². The minimum absolute atomic E-state index is 0.0188. The van der Waals surface area contributed by atoms with Gasteiger partial charge in [0.2, 0.25) is 5.91 Å². The minimum atomic E-state index is -0.540. The molecule has 0 saturated carbocycles. The third kappa shape index (κ3) is 7.35. The largest absolute Gasteiger partial charge is 0.449 e. The quantitative estimate of drug-likeness (QED) is 0.339. The van der Waals surface area contributed by atoms with E-state index < -0.39 is 6.09 Å². The minimum Gasteiger partial charge on any atom is -0.449 e. The molecule has 0 unspecified atom stereocenters. The molecule has 0 rings (SSSR count). The number of nitrogens with two attached hydrogens (primary N) is 1. The molecule has 6 heteroatoms. The summed E-state index contributed by atoms with van der Waals surface area (Å²) < 4.78 is 4.72. The second-order valence-corrected chi connectivity index (χ2v) is 3.83. The maximum absolute atomic E-state index is 11.0. The van der Waals surface area contributed by atoms with Crippen molar-refractivity contribution in [2.75, 3.05) is 6.61 Å². The van der Waals surface area contributed by atoms with E-state index in [9.17, 15) is 9.59 Å². The molecule has 0 aromatic rings. The first-order chi connectivity index (χ1) is 6.35. The summed E-state index contributed by atoms with van der Waals surface area (Å²) in [6, 6.07) is 0. The molecule has 2 amide bonds. The first kappa shape index (κ1) is 12.7. The van der Waals surface area contributed by atoms with Crippen molar-refractivity contribution >= 4 is 12.0 Å². The molecule has 0 aliphatic heterocycles. The van der Waals surface area contributed by atoms with Gasteiger partial charge in [-0.25, -0.2) is 10.6 Å². The Bertz CT molecular complexity index is 210. The van der Waals surface area contributed by atoms with Gasteiger partial charge in [-0.3, -0.25) is 10.2 Å². The lowest BCUT2D eigenvalue weighted by molar-refractivity contribution is -0.121. The normalized spacial score (nSPS) is 10.6. The monoisotopic (exact) mass is 203 g/mol. The molecule has 0 aromatic heterocycles. The van der Waals surface area contributed by atoms with Crippen molar-refractivity contribution in [1.82, 2.24) is 10.7 Å². The van der Waals surface area contributed by atoms with Gasteiger partial charge in [-0.1, -0.05) is 0 Å². The fourth-order valence-corrected chi connectivity index (χ4v) is 0.651. The molecule has 4 N–H and O–H groups in total. The summed E-state index contributed by atoms with van der Waals surface area (Å²) in [5.41, 5.74) is 1.60. The van der Waals surface area contributed by atoms with E-state index >= 15 is 0 Å². The topological polar surface area (TPSA) is 93.4 Å². The van der Waals surface area contributed by atoms with E-state index in [1.165, 1.54) is 0 Å². The third-order valence-electron chi connectivity index (χ3n) is 1.20. The maximum atomic E-state index is 11.0. The van der Waals surface area contributed by atoms with Crippen LogP contribution in [-0.2, 0) is 9.53 Å². The zero-order valence-electron chi connectivity index (χ0n) is 8.72. The Morgan fingerprint density at radius 2 is 1.93 bits per heavy atom. The fourth-order valence-electron chi connectivity index (χ4n) is 0.651. The number of amides is 2. The number of ether oxygens (including phenoxy) is 1. The Kier molecular flexibility index (Phi) is 4.93. The van der Waals surface area contributed by atoms with E-state index in [0.717, 1.165) is 0 Å². The average molecular weight is 203 g/mol. The van der Waals surface area contributed by atoms with Crippen LogP contribution in [0.5, 0.6) is 0 Å². The highest BCUT2D eigenvalue weighted by Crippen LogP contribution is 1.98. The van der Waals surface area contributed by atoms with E-state index in [4.69, 9.17) is 10.6 Å². The number of carbonyl (C=O) groups is 2. The van der Waals surface area contributed by atoms with Crippen molar-refractivity contribution in [2.24, 2.45) is 5.84 Å². The van der Waals surface area contributed by atoms with E-state index in [2.05, 4.69) is 5.32 Å². The summed E-state index contributed by atoms with van der Waals surface area (Å²) in [6.07, 6.45) is -0.476. The number of hydrogen-bond donors (Lipinski definition) is 3. The summed E-state index contributed by atoms with van der Waals surface area (Å²) in [7, 11) is 0. The lowest BCUT2D eigenvalue weighted by Gasteiger charge is -2.19. The van der Waals surface area contributed by atoms with Crippen LogP contribution in [0.15, 0.2) is 0 Å². The van der Waals surface area contributed by atoms with Gasteiger partial charge in [-0.2, -0.15) is 0 Å². The van der Waals surface area contributed by atoms with E-state index in [1.807, 2.05) is 26.2 Å². The van der Waals surface area contributed by atoms with Crippen LogP contribution in [-0.4, -0.2) is 24.1 Å². The van der Waals surface area contributed by atoms with Crippen LogP contribution in [0.2, 0.25) is 0 Å². The number of carbonyl (C=O) groups excluding carboxylic acids is 2. The molecular weight excluding hydrogens is 186 g/mol. The first-order valence-corrected chi connectivity index (χ1v) is 4.29. The number of rotatable bonds is 3. The molecule has 6 nitrogen and oxygen atoms in total. The predicted molar refractivity (Wildman–Crippen MR) is 51.2 cm³/mol. The van der Waals surface area contributed by atoms with Crippen LogP contribution in [0.3, 0.4) is 0 Å². The van der Waals surface area contributed by atoms with Crippen molar-refractivity contribution in [1.29, 1.82) is 0 Å². The molecule has 0 atom stereocenters. The molecule has 0 aromatic carbocycles. The third-order valence-corrected chi connectivity index (χ3v) is 1.20. The summed E-state index contributed by atoms with van der Waals surface area (Å²) in [6.45, 7) is 5.52. The standard InChI is InChI=1S/C8H17N3O3/c1-8(2,3)10-7(13)14-5-4-6(12)11-9/h4-5,9H2,1-3H3,(H,10,13)(H,11,12). The van der Waals surface area contributed by atoms with Crippen molar-refractivity contribution in [3.63, 3.8) is 0 Å². The van der Waals surface area contributed by atoms with Crippen molar-refractivity contribution in [3.8, 4) is 0 Å². The molecule has 0 saturated heterocycles. The van der Waals surface area contributed by atoms with Crippen molar-refractivity contribution in [2.45, 2.75) is 32.7 Å². The van der Waals surface area contributed by atoms with E-state index in [1.54, 1.807) is 0 Å². The predicted octanol–water partition coefficient (Wildman–Crippen LogP) is -0.109. The van der Waals surface area contributed by atoms with Gasteiger partial charge in [-0.05, 0) is 20.8 Å². The summed E-state index contributed by atoms with van der Waals surface area (Å²) in [5.74, 6) is 4.47. The number of hydrazine groups is 1. The van der Waals surface area contributed by atoms with E-state index in [-0.39, 0.29) is 24.5 Å². The van der Waals surface area contributed by atoms with Crippen LogP contribution >= 0.6 is 0 Å². The Morgan fingerprint density at radius 1 is 1.36 bits per heavy atom. The SMILES string of the molecule is CC(C)(C)NC(=O)OCCC(=O)NN. The van der Waals surface area contributed by atoms with Crippen LogP contribution in [0.1, 0.15) is 27.2 Å². The molecule has 0 aliphatic carbocycles. The summed E-state index contributed by atoms with van der Waals surface area (Å²) in [5, 5.41) is 2.59. The summed E-state index contributed by atoms with van der Waals surface area (Å²) >= 11 is 0. The Hall–Kier alpha value is -1.30. The smallest absolute Gasteiger partial charge is 0.407 e. The zero-order chi connectivity index (χ0) is 11.2. The molecular formula is C8H17N3O3. The molecule has 0 aliphatic rings. The second kappa shape index (κ2) is 5.43. The average Bonchev–Trinajstić information content (AvgIpc) is 2.00. The van der Waals surface area contributed by atoms with Gasteiger partial charge in [0.05, 0.1) is 6.42 Å². The van der Waals surface area contributed by atoms with Gasteiger partial charge in [0.1, 0.15) is 6.61 Å². The van der Waals surface area contributed by atoms with Gasteiger partial charge in [0.15, 0.2) is 0 Å². The fraction of sp³-hybridized carbons (Fsp3) is 0.750. The van der Waals surface area contributed by atoms with Gasteiger partial charge >= 0.3 is 6.09 Å². The first-order valence-electron chi connectivity index (χ1n) is 4.29. The highest BCUT2D eigenvalue weighted by Gasteiger charge is 2.14. The number of alkyl carbamates (subject to hydrolysis) is 1. The second-order valence-electron chi connectivity index (χ2n) is 3.83. The van der Waals surface area contributed by atoms with Crippen molar-refractivity contribution < 1.29 is 14.3 Å². The van der Waals surface area contributed by atoms with Gasteiger partial charge in [0.25, 0.3) is 0 Å². The summed E-state index contributed by atoms with van der Waals surface area (Å²) in [4.78, 5) is 21.7.